The van der Waals surface area contributed by atoms with E-state index in [1.54, 1.807) is 27.1 Å². The molecule has 0 aliphatic rings. The highest BCUT2D eigenvalue weighted by Gasteiger charge is 2.18. The Labute approximate surface area is 125 Å². The van der Waals surface area contributed by atoms with Crippen molar-refractivity contribution < 1.29 is 4.79 Å². The number of rotatable bonds is 4. The molecular formula is C13H16BrN3OS. The summed E-state index contributed by atoms with van der Waals surface area (Å²) in [6, 6.07) is 2.04. The zero-order valence-corrected chi connectivity index (χ0v) is 13.6. The molecule has 0 unspecified atom stereocenters. The van der Waals surface area contributed by atoms with E-state index in [9.17, 15) is 4.79 Å². The molecule has 0 radical (unpaired) electrons. The lowest BCUT2D eigenvalue weighted by molar-refractivity contribution is 0.0785. The van der Waals surface area contributed by atoms with Crippen molar-refractivity contribution in [2.24, 2.45) is 7.05 Å². The number of carbonyl (C=O) groups is 1. The molecule has 2 aromatic heterocycles. The Hall–Kier alpha value is -1.14. The first-order chi connectivity index (χ1) is 9.01. The molecular weight excluding hydrogens is 326 g/mol. The largest absolute Gasteiger partial charge is 0.336 e. The third kappa shape index (κ3) is 3.25. The molecule has 0 aliphatic carbocycles. The molecule has 0 aliphatic heterocycles. The maximum absolute atomic E-state index is 12.4. The molecule has 0 atom stereocenters. The van der Waals surface area contributed by atoms with E-state index in [0.717, 1.165) is 21.5 Å². The Bertz CT molecular complexity index is 590. The smallest absolute Gasteiger partial charge is 0.257 e. The highest BCUT2D eigenvalue weighted by Crippen LogP contribution is 2.21. The number of halogens is 1. The second-order valence-electron chi connectivity index (χ2n) is 4.41. The van der Waals surface area contributed by atoms with Crippen LogP contribution in [0.15, 0.2) is 22.1 Å². The fraction of sp³-hybridized carbons (Fsp3) is 0.385. The molecule has 102 valence electrons. The van der Waals surface area contributed by atoms with E-state index < -0.39 is 0 Å². The molecule has 19 heavy (non-hydrogen) atoms. The van der Waals surface area contributed by atoms with Crippen LogP contribution in [0.2, 0.25) is 0 Å². The molecule has 2 rings (SSSR count). The van der Waals surface area contributed by atoms with Gasteiger partial charge in [-0.05, 0) is 28.4 Å². The number of carbonyl (C=O) groups excluding carboxylic acids is 1. The van der Waals surface area contributed by atoms with E-state index in [-0.39, 0.29) is 5.91 Å². The Kier molecular flexibility index (Phi) is 4.42. The van der Waals surface area contributed by atoms with Crippen LogP contribution in [0.25, 0.3) is 0 Å². The highest BCUT2D eigenvalue weighted by molar-refractivity contribution is 9.10. The normalized spacial score (nSPS) is 10.7. The van der Waals surface area contributed by atoms with Gasteiger partial charge in [0.15, 0.2) is 0 Å². The van der Waals surface area contributed by atoms with Gasteiger partial charge < -0.3 is 4.90 Å². The van der Waals surface area contributed by atoms with Gasteiger partial charge in [0.2, 0.25) is 0 Å². The minimum absolute atomic E-state index is 0.0227. The van der Waals surface area contributed by atoms with Gasteiger partial charge in [0.1, 0.15) is 0 Å². The Morgan fingerprint density at radius 1 is 1.58 bits per heavy atom. The standard InChI is InChI=1S/C13H16BrN3OS/c1-4-12-11(7-17(3)15-12)13(18)16(2)6-10-5-9(14)8-19-10/h5,7-8H,4,6H2,1-3H3. The summed E-state index contributed by atoms with van der Waals surface area (Å²) in [5.74, 6) is 0.0227. The van der Waals surface area contributed by atoms with Crippen molar-refractivity contribution in [3.63, 3.8) is 0 Å². The van der Waals surface area contributed by atoms with Gasteiger partial charge in [0.05, 0.1) is 17.8 Å². The van der Waals surface area contributed by atoms with E-state index in [1.807, 2.05) is 32.5 Å². The van der Waals surface area contributed by atoms with Gasteiger partial charge in [-0.2, -0.15) is 5.10 Å². The van der Waals surface area contributed by atoms with Crippen LogP contribution in [0.3, 0.4) is 0 Å². The SMILES string of the molecule is CCc1nn(C)cc1C(=O)N(C)Cc1cc(Br)cs1. The molecule has 0 aromatic carbocycles. The van der Waals surface area contributed by atoms with Crippen molar-refractivity contribution in [2.45, 2.75) is 19.9 Å². The van der Waals surface area contributed by atoms with Gasteiger partial charge in [0, 0.05) is 35.0 Å². The molecule has 0 spiro atoms. The second-order valence-corrected chi connectivity index (χ2v) is 6.32. The summed E-state index contributed by atoms with van der Waals surface area (Å²) in [5, 5.41) is 6.33. The third-order valence-corrected chi connectivity index (χ3v) is 4.51. The molecule has 2 aromatic rings. The first kappa shape index (κ1) is 14.3. The summed E-state index contributed by atoms with van der Waals surface area (Å²) < 4.78 is 2.76. The van der Waals surface area contributed by atoms with Gasteiger partial charge >= 0.3 is 0 Å². The third-order valence-electron chi connectivity index (χ3n) is 2.83. The number of amides is 1. The molecule has 2 heterocycles. The van der Waals surface area contributed by atoms with Gasteiger partial charge in [-0.1, -0.05) is 6.92 Å². The number of hydrogen-bond donors (Lipinski definition) is 0. The first-order valence-electron chi connectivity index (χ1n) is 6.02. The van der Waals surface area contributed by atoms with Gasteiger partial charge in [0.25, 0.3) is 5.91 Å². The number of hydrogen-bond acceptors (Lipinski definition) is 3. The Morgan fingerprint density at radius 3 is 2.89 bits per heavy atom. The van der Waals surface area contributed by atoms with E-state index in [1.165, 1.54) is 0 Å². The van der Waals surface area contributed by atoms with Crippen molar-refractivity contribution in [3.05, 3.63) is 38.3 Å². The van der Waals surface area contributed by atoms with Crippen LogP contribution >= 0.6 is 27.3 Å². The van der Waals surface area contributed by atoms with E-state index >= 15 is 0 Å². The lowest BCUT2D eigenvalue weighted by Crippen LogP contribution is -2.26. The van der Waals surface area contributed by atoms with Crippen LogP contribution in [0, 0.1) is 0 Å². The Balaban J connectivity index is 2.14. The summed E-state index contributed by atoms with van der Waals surface area (Å²) in [6.45, 7) is 2.63. The molecule has 0 N–H and O–H groups in total. The van der Waals surface area contributed by atoms with Crippen molar-refractivity contribution in [2.75, 3.05) is 7.05 Å². The van der Waals surface area contributed by atoms with Crippen LogP contribution in [0.1, 0.15) is 27.9 Å². The van der Waals surface area contributed by atoms with Gasteiger partial charge in [-0.3, -0.25) is 9.48 Å². The average molecular weight is 342 g/mol. The number of thiophene rings is 1. The van der Waals surface area contributed by atoms with E-state index in [0.29, 0.717) is 12.1 Å². The molecule has 1 amide bonds. The maximum atomic E-state index is 12.4. The summed E-state index contributed by atoms with van der Waals surface area (Å²) in [7, 11) is 3.66. The molecule has 6 heteroatoms. The summed E-state index contributed by atoms with van der Waals surface area (Å²) >= 11 is 5.07. The summed E-state index contributed by atoms with van der Waals surface area (Å²) in [6.07, 6.45) is 2.56. The fourth-order valence-electron chi connectivity index (χ4n) is 1.92. The molecule has 0 saturated heterocycles. The van der Waals surface area contributed by atoms with Crippen molar-refractivity contribution in [1.82, 2.24) is 14.7 Å². The lowest BCUT2D eigenvalue weighted by Gasteiger charge is -2.15. The topological polar surface area (TPSA) is 38.1 Å². The van der Waals surface area contributed by atoms with Gasteiger partial charge in [-0.25, -0.2) is 0 Å². The van der Waals surface area contributed by atoms with Crippen LogP contribution in [-0.4, -0.2) is 27.6 Å². The zero-order chi connectivity index (χ0) is 14.0. The average Bonchev–Trinajstić information content (AvgIpc) is 2.94. The predicted molar refractivity (Wildman–Crippen MR) is 80.4 cm³/mol. The zero-order valence-electron chi connectivity index (χ0n) is 11.2. The van der Waals surface area contributed by atoms with Crippen molar-refractivity contribution in [1.29, 1.82) is 0 Å². The minimum atomic E-state index is 0.0227. The first-order valence-corrected chi connectivity index (χ1v) is 7.69. The van der Waals surface area contributed by atoms with E-state index in [2.05, 4.69) is 21.0 Å². The highest BCUT2D eigenvalue weighted by atomic mass is 79.9. The fourth-order valence-corrected chi connectivity index (χ4v) is 3.43. The quantitative estimate of drug-likeness (QED) is 0.856. The number of aromatic nitrogens is 2. The molecule has 0 fully saturated rings. The van der Waals surface area contributed by atoms with Crippen LogP contribution in [-0.2, 0) is 20.0 Å². The number of nitrogens with zero attached hydrogens (tertiary/aromatic N) is 3. The monoisotopic (exact) mass is 341 g/mol. The molecule has 0 bridgehead atoms. The van der Waals surface area contributed by atoms with E-state index in [4.69, 9.17) is 0 Å². The summed E-state index contributed by atoms with van der Waals surface area (Å²) in [5.41, 5.74) is 1.55. The van der Waals surface area contributed by atoms with Crippen LogP contribution in [0.5, 0.6) is 0 Å². The van der Waals surface area contributed by atoms with Crippen molar-refractivity contribution >= 4 is 33.2 Å². The van der Waals surface area contributed by atoms with Gasteiger partial charge in [-0.15, -0.1) is 11.3 Å². The molecule has 0 saturated carbocycles. The lowest BCUT2D eigenvalue weighted by atomic mass is 10.2. The maximum Gasteiger partial charge on any atom is 0.257 e. The van der Waals surface area contributed by atoms with Crippen molar-refractivity contribution in [3.8, 4) is 0 Å². The minimum Gasteiger partial charge on any atom is -0.336 e. The van der Waals surface area contributed by atoms with Crippen LogP contribution in [0.4, 0.5) is 0 Å². The Morgan fingerprint density at radius 2 is 2.32 bits per heavy atom. The second kappa shape index (κ2) is 5.88. The molecule has 4 nitrogen and oxygen atoms in total. The number of aryl methyl sites for hydroxylation is 2. The predicted octanol–water partition coefficient (Wildman–Crippen LogP) is 3.08. The van der Waals surface area contributed by atoms with Crippen LogP contribution < -0.4 is 0 Å². The summed E-state index contributed by atoms with van der Waals surface area (Å²) in [4.78, 5) is 15.3.